The first-order chi connectivity index (χ1) is 23.7. The molecule has 0 N–H and O–H groups in total. The molecule has 0 fully saturated rings. The van der Waals surface area contributed by atoms with Crippen LogP contribution in [0.3, 0.4) is 0 Å². The van der Waals surface area contributed by atoms with Crippen LogP contribution in [0.5, 0.6) is 0 Å². The van der Waals surface area contributed by atoms with Gasteiger partial charge in [-0.1, -0.05) is 97.1 Å². The maximum Gasteiger partial charge on any atom is 0.164 e. The van der Waals surface area contributed by atoms with Gasteiger partial charge in [0.1, 0.15) is 22.3 Å². The number of rotatable bonds is 4. The second-order valence-corrected chi connectivity index (χ2v) is 12.0. The number of nitrogens with zero attached hydrogens (tertiary/aromatic N) is 3. The molecule has 0 atom stereocenters. The fourth-order valence-corrected chi connectivity index (χ4v) is 6.74. The second-order valence-electron chi connectivity index (χ2n) is 12.0. The van der Waals surface area contributed by atoms with Crippen molar-refractivity contribution in [1.82, 2.24) is 15.0 Å². The third kappa shape index (κ3) is 4.29. The van der Waals surface area contributed by atoms with Gasteiger partial charge in [-0.05, 0) is 71.1 Å². The molecule has 3 heterocycles. The summed E-state index contributed by atoms with van der Waals surface area (Å²) in [7, 11) is 0. The summed E-state index contributed by atoms with van der Waals surface area (Å²) in [5.41, 5.74) is 8.44. The minimum atomic E-state index is 0.608. The number of benzene rings is 7. The molecule has 5 nitrogen and oxygen atoms in total. The van der Waals surface area contributed by atoms with E-state index in [2.05, 4.69) is 78.9 Å². The normalized spacial score (nSPS) is 11.8. The maximum atomic E-state index is 6.30. The second kappa shape index (κ2) is 10.5. The number of fused-ring (bicyclic) bond motifs is 8. The summed E-state index contributed by atoms with van der Waals surface area (Å²) >= 11 is 0. The van der Waals surface area contributed by atoms with Gasteiger partial charge in [0.15, 0.2) is 17.5 Å². The fraction of sp³-hybridized carbons (Fsp3) is 0. The monoisotopic (exact) mass is 615 g/mol. The summed E-state index contributed by atoms with van der Waals surface area (Å²) in [5.74, 6) is 1.85. The highest BCUT2D eigenvalue weighted by Gasteiger charge is 2.16. The highest BCUT2D eigenvalue weighted by atomic mass is 16.3. The topological polar surface area (TPSA) is 65.0 Å². The summed E-state index contributed by atoms with van der Waals surface area (Å²) in [5, 5.41) is 6.59. The van der Waals surface area contributed by atoms with Crippen molar-refractivity contribution < 1.29 is 8.83 Å². The van der Waals surface area contributed by atoms with Crippen LogP contribution in [-0.4, -0.2) is 15.0 Å². The lowest BCUT2D eigenvalue weighted by Gasteiger charge is -2.10. The first-order valence-corrected chi connectivity index (χ1v) is 15.9. The largest absolute Gasteiger partial charge is 0.456 e. The summed E-state index contributed by atoms with van der Waals surface area (Å²) in [6, 6.07) is 51.7. The van der Waals surface area contributed by atoms with Gasteiger partial charge in [-0.3, -0.25) is 0 Å². The number of para-hydroxylation sites is 2. The standard InChI is InChI=1S/C43H25N3O2/c1-2-9-26(10-3-1)41-44-42(46-43(45-41)31-19-22-39-36(25-31)34-14-5-6-15-37(34)47-39)30-12-8-11-27(24-30)28-17-20-32-29(23-28)18-21-35-33-13-4-7-16-38(33)48-40(32)35/h1-25H. The van der Waals surface area contributed by atoms with Gasteiger partial charge in [-0.2, -0.15) is 0 Å². The van der Waals surface area contributed by atoms with Crippen molar-refractivity contribution in [3.63, 3.8) is 0 Å². The van der Waals surface area contributed by atoms with E-state index in [1.54, 1.807) is 0 Å². The molecule has 0 unspecified atom stereocenters. The Labute approximate surface area is 274 Å². The van der Waals surface area contributed by atoms with E-state index in [0.717, 1.165) is 82.5 Å². The molecule has 0 aliphatic carbocycles. The molecule has 0 bridgehead atoms. The Kier molecular flexibility index (Phi) is 5.81. The Morgan fingerprint density at radius 1 is 0.312 bits per heavy atom. The van der Waals surface area contributed by atoms with Crippen molar-refractivity contribution in [3.05, 3.63) is 152 Å². The van der Waals surface area contributed by atoms with Gasteiger partial charge in [-0.15, -0.1) is 0 Å². The van der Waals surface area contributed by atoms with E-state index in [9.17, 15) is 0 Å². The van der Waals surface area contributed by atoms with Gasteiger partial charge >= 0.3 is 0 Å². The van der Waals surface area contributed by atoms with Gasteiger partial charge in [0.2, 0.25) is 0 Å². The van der Waals surface area contributed by atoms with Crippen LogP contribution in [0.1, 0.15) is 0 Å². The van der Waals surface area contributed by atoms with Crippen LogP contribution in [0.2, 0.25) is 0 Å². The van der Waals surface area contributed by atoms with Crippen LogP contribution in [0.15, 0.2) is 160 Å². The number of furan rings is 2. The molecular formula is C43H25N3O2. The molecule has 0 amide bonds. The van der Waals surface area contributed by atoms with E-state index < -0.39 is 0 Å². The molecule has 0 saturated carbocycles. The number of aromatic nitrogens is 3. The van der Waals surface area contributed by atoms with Crippen LogP contribution >= 0.6 is 0 Å². The first-order valence-electron chi connectivity index (χ1n) is 15.9. The molecule has 10 aromatic rings. The Morgan fingerprint density at radius 3 is 1.69 bits per heavy atom. The highest BCUT2D eigenvalue weighted by Crippen LogP contribution is 2.37. The van der Waals surface area contributed by atoms with Gasteiger partial charge in [0.25, 0.3) is 0 Å². The van der Waals surface area contributed by atoms with E-state index >= 15 is 0 Å². The van der Waals surface area contributed by atoms with Crippen molar-refractivity contribution in [1.29, 1.82) is 0 Å². The zero-order valence-corrected chi connectivity index (χ0v) is 25.6. The average Bonchev–Trinajstić information content (AvgIpc) is 3.73. The predicted molar refractivity (Wildman–Crippen MR) is 194 cm³/mol. The van der Waals surface area contributed by atoms with Gasteiger partial charge in [0.05, 0.1) is 0 Å². The van der Waals surface area contributed by atoms with E-state index in [1.807, 2.05) is 72.8 Å². The molecule has 0 aliphatic heterocycles. The Balaban J connectivity index is 1.10. The summed E-state index contributed by atoms with van der Waals surface area (Å²) < 4.78 is 12.4. The van der Waals surface area contributed by atoms with Crippen molar-refractivity contribution in [2.45, 2.75) is 0 Å². The minimum Gasteiger partial charge on any atom is -0.456 e. The maximum absolute atomic E-state index is 6.30. The van der Waals surface area contributed by atoms with E-state index in [0.29, 0.717) is 17.5 Å². The van der Waals surface area contributed by atoms with Gasteiger partial charge < -0.3 is 8.83 Å². The SMILES string of the molecule is c1ccc(-c2nc(-c3cccc(-c4ccc5c(ccc6c7ccccc7oc56)c4)c3)nc(-c3ccc4oc5ccccc5c4c3)n2)cc1. The molecule has 5 heteroatoms. The lowest BCUT2D eigenvalue weighted by Crippen LogP contribution is -2.00. The number of hydrogen-bond donors (Lipinski definition) is 0. The van der Waals surface area contributed by atoms with Crippen LogP contribution < -0.4 is 0 Å². The van der Waals surface area contributed by atoms with Gasteiger partial charge in [0, 0.05) is 43.6 Å². The molecule has 3 aromatic heterocycles. The Morgan fingerprint density at radius 2 is 0.875 bits per heavy atom. The molecular weight excluding hydrogens is 590 g/mol. The smallest absolute Gasteiger partial charge is 0.164 e. The Hall–Kier alpha value is -6.59. The lowest BCUT2D eigenvalue weighted by molar-refractivity contribution is 0.669. The lowest BCUT2D eigenvalue weighted by atomic mass is 9.98. The van der Waals surface area contributed by atoms with Crippen LogP contribution in [-0.2, 0) is 0 Å². The molecule has 0 spiro atoms. The molecule has 0 aliphatic rings. The minimum absolute atomic E-state index is 0.608. The van der Waals surface area contributed by atoms with Crippen LogP contribution in [0, 0.1) is 0 Å². The third-order valence-electron chi connectivity index (χ3n) is 9.12. The van der Waals surface area contributed by atoms with E-state index in [-0.39, 0.29) is 0 Å². The van der Waals surface area contributed by atoms with Crippen molar-refractivity contribution in [2.24, 2.45) is 0 Å². The van der Waals surface area contributed by atoms with Crippen molar-refractivity contribution in [3.8, 4) is 45.3 Å². The zero-order valence-electron chi connectivity index (χ0n) is 25.6. The molecule has 0 radical (unpaired) electrons. The first kappa shape index (κ1) is 26.6. The van der Waals surface area contributed by atoms with Gasteiger partial charge in [-0.25, -0.2) is 15.0 Å². The van der Waals surface area contributed by atoms with Crippen molar-refractivity contribution in [2.75, 3.05) is 0 Å². The fourth-order valence-electron chi connectivity index (χ4n) is 6.74. The number of hydrogen-bond acceptors (Lipinski definition) is 5. The summed E-state index contributed by atoms with van der Waals surface area (Å²) in [4.78, 5) is 15.0. The van der Waals surface area contributed by atoms with E-state index in [4.69, 9.17) is 23.8 Å². The van der Waals surface area contributed by atoms with E-state index in [1.165, 1.54) is 0 Å². The Bertz CT molecular complexity index is 2850. The molecule has 224 valence electrons. The van der Waals surface area contributed by atoms with Crippen molar-refractivity contribution >= 4 is 54.6 Å². The third-order valence-corrected chi connectivity index (χ3v) is 9.12. The molecule has 10 rings (SSSR count). The zero-order chi connectivity index (χ0) is 31.6. The van der Waals surface area contributed by atoms with Crippen LogP contribution in [0.4, 0.5) is 0 Å². The molecule has 0 saturated heterocycles. The predicted octanol–water partition coefficient (Wildman–Crippen LogP) is 11.5. The average molecular weight is 616 g/mol. The molecule has 7 aromatic carbocycles. The summed E-state index contributed by atoms with van der Waals surface area (Å²) in [6.07, 6.45) is 0. The highest BCUT2D eigenvalue weighted by molar-refractivity contribution is 6.15. The summed E-state index contributed by atoms with van der Waals surface area (Å²) in [6.45, 7) is 0. The quantitative estimate of drug-likeness (QED) is 0.197. The van der Waals surface area contributed by atoms with Crippen LogP contribution in [0.25, 0.3) is 99.9 Å². The molecule has 48 heavy (non-hydrogen) atoms.